The number of carbonyl (C=O) groups is 3. The van der Waals surface area contributed by atoms with E-state index >= 15 is 0 Å². The fourth-order valence-electron chi connectivity index (χ4n) is 1.74. The minimum absolute atomic E-state index is 0.245. The summed E-state index contributed by atoms with van der Waals surface area (Å²) >= 11 is 0. The number of ketones is 1. The van der Waals surface area contributed by atoms with E-state index in [4.69, 9.17) is 0 Å². The first-order chi connectivity index (χ1) is 7.61. The van der Waals surface area contributed by atoms with Crippen LogP contribution in [0.4, 0.5) is 0 Å². The second kappa shape index (κ2) is 5.63. The maximum absolute atomic E-state index is 11.8. The predicted octanol–water partition coefficient (Wildman–Crippen LogP) is 0.377. The van der Waals surface area contributed by atoms with Crippen LogP contribution in [-0.4, -0.2) is 42.8 Å². The van der Waals surface area contributed by atoms with E-state index in [2.05, 4.69) is 4.74 Å². The van der Waals surface area contributed by atoms with Gasteiger partial charge in [0.15, 0.2) is 11.7 Å². The molecule has 1 amide bonds. The van der Waals surface area contributed by atoms with Crippen LogP contribution >= 0.6 is 0 Å². The maximum atomic E-state index is 11.8. The molecule has 5 heteroatoms. The number of piperidine rings is 1. The summed E-state index contributed by atoms with van der Waals surface area (Å²) in [7, 11) is 1.19. The van der Waals surface area contributed by atoms with E-state index in [1.165, 1.54) is 7.11 Å². The number of likely N-dealkylation sites (tertiary alicyclic amines) is 1. The number of methoxy groups -OCH3 is 1. The van der Waals surface area contributed by atoms with E-state index in [0.29, 0.717) is 13.1 Å². The number of carbonyl (C=O) groups excluding carboxylic acids is 3. The Bertz CT molecular complexity index is 292. The summed E-state index contributed by atoms with van der Waals surface area (Å²) in [5.41, 5.74) is 0. The van der Waals surface area contributed by atoms with Gasteiger partial charge in [-0.15, -0.1) is 0 Å². The molecular formula is C11H17NO4. The van der Waals surface area contributed by atoms with Crippen LogP contribution in [0.1, 0.15) is 26.2 Å². The van der Waals surface area contributed by atoms with Gasteiger partial charge >= 0.3 is 5.97 Å². The highest BCUT2D eigenvalue weighted by atomic mass is 16.5. The minimum Gasteiger partial charge on any atom is -0.468 e. The van der Waals surface area contributed by atoms with Gasteiger partial charge in [-0.2, -0.15) is 0 Å². The molecule has 0 spiro atoms. The Morgan fingerprint density at radius 1 is 1.50 bits per heavy atom. The van der Waals surface area contributed by atoms with Crippen LogP contribution in [0.15, 0.2) is 0 Å². The van der Waals surface area contributed by atoms with Crippen molar-refractivity contribution in [3.63, 3.8) is 0 Å². The fourth-order valence-corrected chi connectivity index (χ4v) is 1.74. The lowest BCUT2D eigenvalue weighted by molar-refractivity contribution is -0.159. The normalized spacial score (nSPS) is 21.1. The van der Waals surface area contributed by atoms with Gasteiger partial charge in [-0.05, 0) is 6.42 Å². The lowest BCUT2D eigenvalue weighted by atomic mass is 9.95. The molecule has 0 saturated carbocycles. The van der Waals surface area contributed by atoms with Crippen molar-refractivity contribution in [3.05, 3.63) is 0 Å². The van der Waals surface area contributed by atoms with Crippen LogP contribution in [0, 0.1) is 5.92 Å². The second-order valence-corrected chi connectivity index (χ2v) is 3.85. The molecule has 0 N–H and O–H groups in total. The van der Waals surface area contributed by atoms with Gasteiger partial charge in [0, 0.05) is 19.5 Å². The Kier molecular flexibility index (Phi) is 4.46. The molecule has 90 valence electrons. The molecule has 16 heavy (non-hydrogen) atoms. The molecule has 1 rings (SSSR count). The Hall–Kier alpha value is -1.39. The third-order valence-electron chi connectivity index (χ3n) is 2.73. The smallest absolute Gasteiger partial charge is 0.325 e. The Morgan fingerprint density at radius 3 is 2.75 bits per heavy atom. The molecule has 1 atom stereocenters. The lowest BCUT2D eigenvalue weighted by Crippen LogP contribution is -2.49. The largest absolute Gasteiger partial charge is 0.468 e. The van der Waals surface area contributed by atoms with Crippen LogP contribution in [0.25, 0.3) is 0 Å². The van der Waals surface area contributed by atoms with Crippen LogP contribution in [0.3, 0.4) is 0 Å². The summed E-state index contributed by atoms with van der Waals surface area (Å²) in [5, 5.41) is 0. The van der Waals surface area contributed by atoms with Crippen molar-refractivity contribution in [2.75, 3.05) is 20.2 Å². The maximum Gasteiger partial charge on any atom is 0.325 e. The van der Waals surface area contributed by atoms with Crippen LogP contribution in [-0.2, 0) is 19.1 Å². The number of ether oxygens (including phenoxy) is 1. The molecule has 0 aromatic carbocycles. The molecule has 0 aromatic heterocycles. The number of rotatable bonds is 4. The van der Waals surface area contributed by atoms with E-state index in [9.17, 15) is 14.4 Å². The molecule has 1 fully saturated rings. The molecule has 0 bridgehead atoms. The number of unbranched alkanes of at least 4 members (excludes halogenated alkanes) is 1. The zero-order chi connectivity index (χ0) is 12.1. The van der Waals surface area contributed by atoms with Crippen molar-refractivity contribution in [1.29, 1.82) is 0 Å². The average Bonchev–Trinajstić information content (AvgIpc) is 2.28. The van der Waals surface area contributed by atoms with Crippen molar-refractivity contribution in [1.82, 2.24) is 4.90 Å². The number of hydrogen-bond acceptors (Lipinski definition) is 4. The number of nitrogens with zero attached hydrogens (tertiary/aromatic N) is 1. The van der Waals surface area contributed by atoms with E-state index in [1.54, 1.807) is 4.90 Å². The summed E-state index contributed by atoms with van der Waals surface area (Å²) in [4.78, 5) is 36.2. The van der Waals surface area contributed by atoms with Gasteiger partial charge in [0.2, 0.25) is 5.91 Å². The van der Waals surface area contributed by atoms with E-state index in [-0.39, 0.29) is 12.2 Å². The van der Waals surface area contributed by atoms with Crippen molar-refractivity contribution >= 4 is 17.7 Å². The molecule has 1 saturated heterocycles. The molecule has 1 unspecified atom stereocenters. The summed E-state index contributed by atoms with van der Waals surface area (Å²) in [6.07, 6.45) is 2.10. The highest BCUT2D eigenvalue weighted by Gasteiger charge is 2.40. The summed E-state index contributed by atoms with van der Waals surface area (Å²) in [6, 6.07) is 0. The SMILES string of the molecule is CCCCN1CCC(=O)C(C(=O)OC)C1=O. The Labute approximate surface area is 94.7 Å². The third-order valence-corrected chi connectivity index (χ3v) is 2.73. The van der Waals surface area contributed by atoms with Crippen molar-refractivity contribution in [3.8, 4) is 0 Å². The fraction of sp³-hybridized carbons (Fsp3) is 0.727. The quantitative estimate of drug-likeness (QED) is 0.514. The van der Waals surface area contributed by atoms with Gasteiger partial charge in [0.05, 0.1) is 7.11 Å². The van der Waals surface area contributed by atoms with E-state index < -0.39 is 17.8 Å². The molecule has 1 heterocycles. The zero-order valence-corrected chi connectivity index (χ0v) is 9.69. The predicted molar refractivity (Wildman–Crippen MR) is 56.6 cm³/mol. The topological polar surface area (TPSA) is 63.7 Å². The average molecular weight is 227 g/mol. The van der Waals surface area contributed by atoms with Crippen LogP contribution in [0.5, 0.6) is 0 Å². The van der Waals surface area contributed by atoms with Gasteiger partial charge in [0.1, 0.15) is 0 Å². The molecule has 1 aliphatic rings. The first-order valence-corrected chi connectivity index (χ1v) is 5.51. The van der Waals surface area contributed by atoms with Crippen molar-refractivity contribution < 1.29 is 19.1 Å². The Morgan fingerprint density at radius 2 is 2.19 bits per heavy atom. The summed E-state index contributed by atoms with van der Waals surface area (Å²) in [6.45, 7) is 3.05. The minimum atomic E-state index is -1.23. The third kappa shape index (κ3) is 2.59. The Balaban J connectivity index is 2.71. The van der Waals surface area contributed by atoms with Crippen LogP contribution in [0.2, 0.25) is 0 Å². The van der Waals surface area contributed by atoms with Crippen molar-refractivity contribution in [2.45, 2.75) is 26.2 Å². The molecular weight excluding hydrogens is 210 g/mol. The second-order valence-electron chi connectivity index (χ2n) is 3.85. The van der Waals surface area contributed by atoms with E-state index in [1.807, 2.05) is 6.92 Å². The molecule has 5 nitrogen and oxygen atoms in total. The molecule has 1 aliphatic heterocycles. The van der Waals surface area contributed by atoms with Gasteiger partial charge in [0.25, 0.3) is 0 Å². The first kappa shape index (κ1) is 12.7. The molecule has 0 aromatic rings. The summed E-state index contributed by atoms with van der Waals surface area (Å²) in [5.74, 6) is -2.70. The number of hydrogen-bond donors (Lipinski definition) is 0. The lowest BCUT2D eigenvalue weighted by Gasteiger charge is -2.29. The van der Waals surface area contributed by atoms with Crippen LogP contribution < -0.4 is 0 Å². The number of Topliss-reactive ketones (excluding diaryl/α,β-unsaturated/α-hetero) is 1. The number of amides is 1. The van der Waals surface area contributed by atoms with E-state index in [0.717, 1.165) is 12.8 Å². The van der Waals surface area contributed by atoms with Gasteiger partial charge < -0.3 is 9.64 Å². The molecule has 0 aliphatic carbocycles. The number of esters is 1. The van der Waals surface area contributed by atoms with Gasteiger partial charge in [-0.1, -0.05) is 13.3 Å². The van der Waals surface area contributed by atoms with Gasteiger partial charge in [-0.3, -0.25) is 14.4 Å². The monoisotopic (exact) mass is 227 g/mol. The highest BCUT2D eigenvalue weighted by molar-refractivity contribution is 6.17. The molecule has 0 radical (unpaired) electrons. The van der Waals surface area contributed by atoms with Crippen molar-refractivity contribution in [2.24, 2.45) is 5.92 Å². The first-order valence-electron chi connectivity index (χ1n) is 5.51. The van der Waals surface area contributed by atoms with Gasteiger partial charge in [-0.25, -0.2) is 0 Å². The summed E-state index contributed by atoms with van der Waals surface area (Å²) < 4.78 is 4.48. The standard InChI is InChI=1S/C11H17NO4/c1-3-4-6-12-7-5-8(13)9(10(12)14)11(15)16-2/h9H,3-7H2,1-2H3. The zero-order valence-electron chi connectivity index (χ0n) is 9.69. The highest BCUT2D eigenvalue weighted by Crippen LogP contribution is 2.16.